The molecule has 3 unspecified atom stereocenters. The van der Waals surface area contributed by atoms with E-state index in [9.17, 15) is 25.2 Å². The van der Waals surface area contributed by atoms with E-state index < -0.39 is 47.7 Å². The zero-order valence-electron chi connectivity index (χ0n) is 18.8. The van der Waals surface area contributed by atoms with E-state index in [0.29, 0.717) is 6.42 Å². The third kappa shape index (κ3) is 2.58. The molecule has 2 bridgehead atoms. The molecule has 5 rings (SSSR count). The molecular weight excluding hydrogens is 432 g/mol. The van der Waals surface area contributed by atoms with E-state index >= 15 is 0 Å². The predicted molar refractivity (Wildman–Crippen MR) is 114 cm³/mol. The Bertz CT molecular complexity index is 1120. The molecule has 1 amide bonds. The normalized spacial score (nSPS) is 41.7. The van der Waals surface area contributed by atoms with E-state index in [1.165, 1.54) is 17.2 Å². The quantitative estimate of drug-likeness (QED) is 0.302. The minimum Gasteiger partial charge on any atom is -0.394 e. The third-order valence-electron chi connectivity index (χ3n) is 8.87. The van der Waals surface area contributed by atoms with E-state index in [0.717, 1.165) is 12.8 Å². The Morgan fingerprint density at radius 3 is 2.61 bits per heavy atom. The summed E-state index contributed by atoms with van der Waals surface area (Å²) in [4.78, 5) is 26.1. The van der Waals surface area contributed by atoms with Crippen LogP contribution in [0.5, 0.6) is 0 Å². The molecule has 33 heavy (non-hydrogen) atoms. The maximum atomic E-state index is 13.9. The number of amides is 1. The van der Waals surface area contributed by atoms with Crippen molar-refractivity contribution < 1.29 is 30.0 Å². The number of anilines is 1. The van der Waals surface area contributed by atoms with Crippen LogP contribution >= 0.6 is 0 Å². The standard InChI is InChI=1S/C21H30N6O6/c1-18(2)10-4-5-19(18,3)20(32,6-10)26-17(31)21(14(30)13(29)11(7-28)33-21)27-9-25-12-15(22)23-8-24-16(12)27/h8-11,13-14,28-30,32H,4-7H2,1-3H3,(H,26,31)(H2,22,23,24)/t10?,11-,13-,14-,19?,20?,21+/m1/s1. The molecule has 3 heterocycles. The Morgan fingerprint density at radius 2 is 2.03 bits per heavy atom. The first-order valence-electron chi connectivity index (χ1n) is 11.1. The van der Waals surface area contributed by atoms with Gasteiger partial charge in [-0.15, -0.1) is 0 Å². The number of ether oxygens (including phenoxy) is 1. The summed E-state index contributed by atoms with van der Waals surface area (Å²) in [5, 5.41) is 45.8. The fourth-order valence-corrected chi connectivity index (χ4v) is 6.28. The molecule has 2 aliphatic carbocycles. The average Bonchev–Trinajstić information content (AvgIpc) is 3.41. The number of imidazole rings is 1. The molecule has 2 aromatic heterocycles. The first-order valence-corrected chi connectivity index (χ1v) is 11.1. The molecular formula is C21H30N6O6. The second-order valence-electron chi connectivity index (χ2n) is 10.3. The van der Waals surface area contributed by atoms with Crippen LogP contribution in [0.4, 0.5) is 5.82 Å². The minimum absolute atomic E-state index is 0.0574. The Hall–Kier alpha value is -2.38. The molecule has 3 fully saturated rings. The van der Waals surface area contributed by atoms with Gasteiger partial charge in [0.1, 0.15) is 42.2 Å². The molecule has 1 saturated heterocycles. The van der Waals surface area contributed by atoms with Gasteiger partial charge in [-0.1, -0.05) is 20.8 Å². The van der Waals surface area contributed by atoms with Crippen LogP contribution in [-0.2, 0) is 15.3 Å². The highest BCUT2D eigenvalue weighted by Gasteiger charge is 2.71. The van der Waals surface area contributed by atoms with Crippen molar-refractivity contribution in [3.8, 4) is 0 Å². The van der Waals surface area contributed by atoms with Crippen molar-refractivity contribution in [2.45, 2.75) is 69.8 Å². The second-order valence-corrected chi connectivity index (χ2v) is 10.3. The number of hydrogen-bond donors (Lipinski definition) is 6. The lowest BCUT2D eigenvalue weighted by Gasteiger charge is -2.46. The van der Waals surface area contributed by atoms with Crippen LogP contribution in [0.2, 0.25) is 0 Å². The zero-order valence-corrected chi connectivity index (χ0v) is 18.8. The number of nitrogens with two attached hydrogens (primary N) is 1. The van der Waals surface area contributed by atoms with Gasteiger partial charge in [0.15, 0.2) is 11.5 Å². The number of carbonyl (C=O) groups excluding carboxylic acids is 1. The van der Waals surface area contributed by atoms with Crippen molar-refractivity contribution in [3.05, 3.63) is 12.7 Å². The first kappa shape index (κ1) is 22.4. The summed E-state index contributed by atoms with van der Waals surface area (Å²) < 4.78 is 7.02. The highest BCUT2D eigenvalue weighted by molar-refractivity contribution is 5.89. The molecule has 7 atom stereocenters. The number of aliphatic hydroxyl groups excluding tert-OH is 3. The average molecular weight is 463 g/mol. The van der Waals surface area contributed by atoms with Gasteiger partial charge in [-0.05, 0) is 30.6 Å². The van der Waals surface area contributed by atoms with Crippen molar-refractivity contribution in [1.82, 2.24) is 24.8 Å². The fourth-order valence-electron chi connectivity index (χ4n) is 6.28. The summed E-state index contributed by atoms with van der Waals surface area (Å²) in [6, 6.07) is 0. The summed E-state index contributed by atoms with van der Waals surface area (Å²) in [6.45, 7) is 5.47. The minimum atomic E-state index is -2.26. The van der Waals surface area contributed by atoms with Gasteiger partial charge in [0.05, 0.1) is 6.61 Å². The Kier molecular flexibility index (Phi) is 4.64. The van der Waals surface area contributed by atoms with Gasteiger partial charge < -0.3 is 36.2 Å². The summed E-state index contributed by atoms with van der Waals surface area (Å²) in [5.74, 6) is -0.619. The SMILES string of the molecule is CC1(C)C2CCC1(C)C(O)(NC(=O)[C@@]1(n3cnc4c(N)ncnc43)O[C@H](CO)[C@@H](O)[C@H]1O)C2. The molecule has 0 radical (unpaired) electrons. The molecule has 2 saturated carbocycles. The van der Waals surface area contributed by atoms with Crippen molar-refractivity contribution in [2.75, 3.05) is 12.3 Å². The van der Waals surface area contributed by atoms with Gasteiger partial charge in [-0.2, -0.15) is 0 Å². The van der Waals surface area contributed by atoms with Crippen LogP contribution in [0, 0.1) is 16.7 Å². The molecule has 7 N–H and O–H groups in total. The van der Waals surface area contributed by atoms with Gasteiger partial charge in [0.25, 0.3) is 11.6 Å². The Morgan fingerprint density at radius 1 is 1.30 bits per heavy atom. The fraction of sp³-hybridized carbons (Fsp3) is 0.714. The first-order chi connectivity index (χ1) is 15.4. The maximum absolute atomic E-state index is 13.9. The Labute approximate surface area is 189 Å². The van der Waals surface area contributed by atoms with Crippen LogP contribution in [0.1, 0.15) is 40.0 Å². The smallest absolute Gasteiger partial charge is 0.279 e. The van der Waals surface area contributed by atoms with Crippen LogP contribution < -0.4 is 11.1 Å². The largest absolute Gasteiger partial charge is 0.394 e. The highest BCUT2D eigenvalue weighted by atomic mass is 16.6. The van der Waals surface area contributed by atoms with Crippen molar-refractivity contribution in [2.24, 2.45) is 16.7 Å². The number of rotatable bonds is 4. The lowest BCUT2D eigenvalue weighted by atomic mass is 9.67. The molecule has 180 valence electrons. The van der Waals surface area contributed by atoms with Gasteiger partial charge in [-0.25, -0.2) is 15.0 Å². The van der Waals surface area contributed by atoms with Crippen LogP contribution in [-0.4, -0.2) is 76.5 Å². The highest BCUT2D eigenvalue weighted by Crippen LogP contribution is 2.68. The topological polar surface area (TPSA) is 189 Å². The molecule has 1 aliphatic heterocycles. The monoisotopic (exact) mass is 462 g/mol. The number of carbonyl (C=O) groups is 1. The van der Waals surface area contributed by atoms with E-state index in [4.69, 9.17) is 10.5 Å². The van der Waals surface area contributed by atoms with Crippen LogP contribution in [0.3, 0.4) is 0 Å². The number of fused-ring (bicyclic) bond motifs is 3. The number of nitrogen functional groups attached to an aromatic ring is 1. The van der Waals surface area contributed by atoms with E-state index in [1.807, 2.05) is 6.92 Å². The van der Waals surface area contributed by atoms with Crippen LogP contribution in [0.25, 0.3) is 11.2 Å². The summed E-state index contributed by atoms with van der Waals surface area (Å²) in [7, 11) is 0. The molecule has 0 spiro atoms. The number of nitrogens with one attached hydrogen (secondary N) is 1. The van der Waals surface area contributed by atoms with Gasteiger partial charge in [-0.3, -0.25) is 9.36 Å². The maximum Gasteiger partial charge on any atom is 0.279 e. The van der Waals surface area contributed by atoms with E-state index in [1.54, 1.807) is 0 Å². The van der Waals surface area contributed by atoms with E-state index in [-0.39, 0.29) is 28.3 Å². The van der Waals surface area contributed by atoms with Gasteiger partial charge in [0, 0.05) is 5.41 Å². The number of nitrogens with zero attached hydrogens (tertiary/aromatic N) is 4. The molecule has 2 aromatic rings. The van der Waals surface area contributed by atoms with Crippen molar-refractivity contribution in [3.63, 3.8) is 0 Å². The molecule has 12 heteroatoms. The van der Waals surface area contributed by atoms with Crippen LogP contribution in [0.15, 0.2) is 12.7 Å². The third-order valence-corrected chi connectivity index (χ3v) is 8.87. The number of hydrogen-bond acceptors (Lipinski definition) is 10. The predicted octanol–water partition coefficient (Wildman–Crippen LogP) is -1.17. The van der Waals surface area contributed by atoms with Crippen molar-refractivity contribution >= 4 is 22.9 Å². The molecule has 3 aliphatic rings. The molecule has 12 nitrogen and oxygen atoms in total. The summed E-state index contributed by atoms with van der Waals surface area (Å²) >= 11 is 0. The Balaban J connectivity index is 1.62. The number of aliphatic hydroxyl groups is 4. The summed E-state index contributed by atoms with van der Waals surface area (Å²) in [6.07, 6.45) is -0.247. The van der Waals surface area contributed by atoms with Crippen molar-refractivity contribution in [1.29, 1.82) is 0 Å². The summed E-state index contributed by atoms with van der Waals surface area (Å²) in [5.41, 5.74) is 1.47. The number of aromatic nitrogens is 4. The van der Waals surface area contributed by atoms with E-state index in [2.05, 4.69) is 34.1 Å². The molecule has 0 aromatic carbocycles. The van der Waals surface area contributed by atoms with Gasteiger partial charge in [0.2, 0.25) is 0 Å². The lowest BCUT2D eigenvalue weighted by molar-refractivity contribution is -0.191. The lowest BCUT2D eigenvalue weighted by Crippen LogP contribution is -2.65. The second kappa shape index (κ2) is 6.83. The van der Waals surface area contributed by atoms with Gasteiger partial charge >= 0.3 is 0 Å². The zero-order chi connectivity index (χ0) is 24.0.